The van der Waals surface area contributed by atoms with Gasteiger partial charge in [-0.15, -0.1) is 0 Å². The number of amides is 6. The fourth-order valence-electron chi connectivity index (χ4n) is 7.71. The number of ether oxygens (including phenoxy) is 3. The lowest BCUT2D eigenvalue weighted by atomic mass is 10.0. The highest BCUT2D eigenvalue weighted by atomic mass is 32.2. The molecule has 1 aromatic rings. The Balaban J connectivity index is 1.23. The Labute approximate surface area is 335 Å². The van der Waals surface area contributed by atoms with Gasteiger partial charge in [0.1, 0.15) is 35.1 Å². The minimum absolute atomic E-state index is 0.0637. The number of cyclic esters (lactones) is 1. The van der Waals surface area contributed by atoms with Gasteiger partial charge in [0.2, 0.25) is 21.8 Å². The summed E-state index contributed by atoms with van der Waals surface area (Å²) in [6, 6.07) is 1.71. The number of nitrogens with zero attached hydrogens (tertiary/aromatic N) is 2. The summed E-state index contributed by atoms with van der Waals surface area (Å²) in [6.07, 6.45) is -3.16. The summed E-state index contributed by atoms with van der Waals surface area (Å²) in [7, 11) is -3.98. The summed E-state index contributed by atoms with van der Waals surface area (Å²) < 4.78 is 58.4. The van der Waals surface area contributed by atoms with Gasteiger partial charge in [-0.25, -0.2) is 22.4 Å². The molecule has 4 N–H and O–H groups in total. The fourth-order valence-corrected chi connectivity index (χ4v) is 9.08. The van der Waals surface area contributed by atoms with E-state index in [0.29, 0.717) is 24.0 Å². The maximum Gasteiger partial charge on any atom is 0.410 e. The third kappa shape index (κ3) is 9.64. The summed E-state index contributed by atoms with van der Waals surface area (Å²) in [5.74, 6) is -4.71. The molecule has 6 rings (SSSR count). The number of benzene rings is 1. The van der Waals surface area contributed by atoms with E-state index in [1.165, 1.54) is 17.0 Å². The number of carbonyl (C=O) groups is 7. The van der Waals surface area contributed by atoms with Crippen molar-refractivity contribution in [3.05, 3.63) is 35.1 Å². The van der Waals surface area contributed by atoms with Crippen molar-refractivity contribution in [2.75, 3.05) is 13.1 Å². The van der Waals surface area contributed by atoms with Gasteiger partial charge in [0.25, 0.3) is 11.8 Å². The van der Waals surface area contributed by atoms with Crippen molar-refractivity contribution in [1.29, 1.82) is 0 Å². The number of hydrogen-bond acceptors (Lipinski definition) is 12. The van der Waals surface area contributed by atoms with Gasteiger partial charge in [-0.05, 0) is 69.9 Å². The van der Waals surface area contributed by atoms with Crippen molar-refractivity contribution >= 4 is 51.8 Å². The molecule has 18 nitrogen and oxygen atoms in total. The Kier molecular flexibility index (Phi) is 12.0. The van der Waals surface area contributed by atoms with Crippen molar-refractivity contribution in [2.45, 2.75) is 133 Å². The van der Waals surface area contributed by atoms with Crippen LogP contribution in [0.4, 0.5) is 14.0 Å². The lowest BCUT2D eigenvalue weighted by molar-refractivity contribution is -0.148. The van der Waals surface area contributed by atoms with Gasteiger partial charge in [-0.3, -0.25) is 33.6 Å². The van der Waals surface area contributed by atoms with E-state index in [-0.39, 0.29) is 64.2 Å². The number of likely N-dealkylation sites (tertiary alicyclic amines) is 1. The zero-order valence-electron chi connectivity index (χ0n) is 33.1. The largest absolute Gasteiger partial charge is 0.452 e. The Hall–Kier alpha value is -5.01. The van der Waals surface area contributed by atoms with Crippen LogP contribution in [0.25, 0.3) is 0 Å². The van der Waals surface area contributed by atoms with E-state index in [0.717, 1.165) is 4.90 Å². The molecular weight excluding hydrogens is 784 g/mol. The van der Waals surface area contributed by atoms with Crippen molar-refractivity contribution in [1.82, 2.24) is 30.5 Å². The summed E-state index contributed by atoms with van der Waals surface area (Å²) >= 11 is 0. The molecule has 6 atom stereocenters. The van der Waals surface area contributed by atoms with Crippen LogP contribution in [-0.4, -0.2) is 114 Å². The molecule has 20 heteroatoms. The first-order valence-corrected chi connectivity index (χ1v) is 21.1. The van der Waals surface area contributed by atoms with Crippen LogP contribution in [0.3, 0.4) is 0 Å². The van der Waals surface area contributed by atoms with Gasteiger partial charge in [-0.2, -0.15) is 0 Å². The van der Waals surface area contributed by atoms with Crippen LogP contribution < -0.4 is 20.7 Å². The number of fused-ring (bicyclic) bond motifs is 1. The lowest BCUT2D eigenvalue weighted by Gasteiger charge is -2.30. The standard InChI is InChI=1S/C38H51FN6O12S/c1-20(2)25-16-38(25,34(50)43-58(53,54)23-9-10-23)42-31(47)28-15-22(55-36(52)44-17-21-7-6-8-26(39)24(21)19-44)18-45(28)33(49)27(41-35(51)57-37(3,4)5)13-14-40-32(48)29-11-12-30(46)56-29/h6-8,20,22-23,25,27-29H,9-19H2,1-5H3,(H,40,48)(H,41,51)(H,42,47)(H,43,50)/t22-,25+,27+,28+,29-,38-/m1/s1. The first-order valence-electron chi connectivity index (χ1n) is 19.5. The van der Waals surface area contributed by atoms with Crippen molar-refractivity contribution in [3.63, 3.8) is 0 Å². The van der Waals surface area contributed by atoms with E-state index in [9.17, 15) is 46.4 Å². The topological polar surface area (TPSA) is 236 Å². The summed E-state index contributed by atoms with van der Waals surface area (Å²) in [5.41, 5.74) is -1.64. The lowest BCUT2D eigenvalue weighted by Crippen LogP contribution is -2.59. The minimum atomic E-state index is -3.98. The van der Waals surface area contributed by atoms with Gasteiger partial charge in [-0.1, -0.05) is 26.0 Å². The van der Waals surface area contributed by atoms with Crippen molar-refractivity contribution in [2.24, 2.45) is 11.8 Å². The van der Waals surface area contributed by atoms with Crippen molar-refractivity contribution in [3.8, 4) is 0 Å². The molecule has 0 spiro atoms. The zero-order valence-corrected chi connectivity index (χ0v) is 33.9. The Morgan fingerprint density at radius 3 is 2.38 bits per heavy atom. The second kappa shape index (κ2) is 16.3. The first-order chi connectivity index (χ1) is 27.2. The predicted molar refractivity (Wildman–Crippen MR) is 200 cm³/mol. The number of esters is 1. The van der Waals surface area contributed by atoms with Gasteiger partial charge in [0.05, 0.1) is 18.3 Å². The highest BCUT2D eigenvalue weighted by Gasteiger charge is 2.64. The van der Waals surface area contributed by atoms with Crippen LogP contribution in [-0.2, 0) is 61.3 Å². The summed E-state index contributed by atoms with van der Waals surface area (Å²) in [6.45, 7) is 7.99. The Morgan fingerprint density at radius 2 is 1.78 bits per heavy atom. The molecule has 4 fully saturated rings. The molecule has 0 radical (unpaired) electrons. The zero-order chi connectivity index (χ0) is 42.3. The molecule has 5 aliphatic rings. The van der Waals surface area contributed by atoms with Crippen LogP contribution in [0.5, 0.6) is 0 Å². The molecular formula is C38H51FN6O12S. The van der Waals surface area contributed by atoms with Crippen LogP contribution in [0, 0.1) is 17.7 Å². The molecule has 2 aliphatic carbocycles. The first kappa shape index (κ1) is 42.6. The number of hydrogen-bond donors (Lipinski definition) is 4. The van der Waals surface area contributed by atoms with E-state index in [4.69, 9.17) is 14.2 Å². The van der Waals surface area contributed by atoms with E-state index in [2.05, 4.69) is 20.7 Å². The van der Waals surface area contributed by atoms with Crippen LogP contribution >= 0.6 is 0 Å². The van der Waals surface area contributed by atoms with Gasteiger partial charge < -0.3 is 35.1 Å². The summed E-state index contributed by atoms with van der Waals surface area (Å²) in [4.78, 5) is 95.6. The van der Waals surface area contributed by atoms with Gasteiger partial charge in [0, 0.05) is 37.9 Å². The third-order valence-corrected chi connectivity index (χ3v) is 12.8. The van der Waals surface area contributed by atoms with Crippen molar-refractivity contribution < 1.29 is 60.6 Å². The molecule has 0 bridgehead atoms. The molecule has 0 aromatic heterocycles. The SMILES string of the molecule is CC(C)[C@@H]1C[C@]1(NC(=O)[C@@H]1C[C@@H](OC(=O)N2Cc3cccc(F)c3C2)CN1C(=O)[C@H](CCNC(=O)[C@H]1CCC(=O)O1)NC(=O)OC(C)(C)C)C(=O)NS(=O)(=O)C1CC1. The fraction of sp³-hybridized carbons (Fsp3) is 0.658. The van der Waals surface area contributed by atoms with Crippen LogP contribution in [0.2, 0.25) is 0 Å². The number of alkyl carbamates (subject to hydrolysis) is 1. The molecule has 58 heavy (non-hydrogen) atoms. The molecule has 6 amide bonds. The normalized spacial score (nSPS) is 25.7. The van der Waals surface area contributed by atoms with Crippen LogP contribution in [0.15, 0.2) is 18.2 Å². The number of nitrogens with one attached hydrogen (secondary N) is 4. The number of sulfonamides is 1. The smallest absolute Gasteiger partial charge is 0.410 e. The number of carbonyl (C=O) groups excluding carboxylic acids is 7. The minimum Gasteiger partial charge on any atom is -0.452 e. The summed E-state index contributed by atoms with van der Waals surface area (Å²) in [5, 5.41) is 7.16. The molecule has 3 heterocycles. The maximum atomic E-state index is 14.5. The highest BCUT2D eigenvalue weighted by Crippen LogP contribution is 2.49. The average Bonchev–Trinajstić information content (AvgIpc) is 3.96. The second-order valence-electron chi connectivity index (χ2n) is 17.0. The quantitative estimate of drug-likeness (QED) is 0.164. The molecule has 3 aliphatic heterocycles. The van der Waals surface area contributed by atoms with E-state index >= 15 is 0 Å². The Bertz CT molecular complexity index is 1970. The number of rotatable bonds is 13. The maximum absolute atomic E-state index is 14.5. The number of halogens is 1. The van der Waals surface area contributed by atoms with E-state index < -0.39 is 104 Å². The second-order valence-corrected chi connectivity index (χ2v) is 18.9. The van der Waals surface area contributed by atoms with Gasteiger partial charge >= 0.3 is 18.2 Å². The highest BCUT2D eigenvalue weighted by molar-refractivity contribution is 7.91. The third-order valence-electron chi connectivity index (χ3n) is 11.0. The molecule has 2 saturated carbocycles. The van der Waals surface area contributed by atoms with E-state index in [1.807, 2.05) is 13.8 Å². The van der Waals surface area contributed by atoms with E-state index in [1.54, 1.807) is 26.8 Å². The molecule has 0 unspecified atom stereocenters. The van der Waals surface area contributed by atoms with Gasteiger partial charge in [0.15, 0.2) is 6.10 Å². The predicted octanol–water partition coefficient (Wildman–Crippen LogP) is 1.49. The molecule has 318 valence electrons. The van der Waals surface area contributed by atoms with Crippen LogP contribution in [0.1, 0.15) is 90.7 Å². The Morgan fingerprint density at radius 1 is 1.05 bits per heavy atom. The monoisotopic (exact) mass is 834 g/mol. The average molecular weight is 835 g/mol. The molecule has 2 saturated heterocycles. The molecule has 1 aromatic carbocycles.